The summed E-state index contributed by atoms with van der Waals surface area (Å²) in [6.07, 6.45) is 0. The van der Waals surface area contributed by atoms with Crippen molar-refractivity contribution >= 4 is 11.8 Å². The number of ether oxygens (including phenoxy) is 1. The minimum absolute atomic E-state index is 0.122. The van der Waals surface area contributed by atoms with Crippen LogP contribution in [0.2, 0.25) is 0 Å². The zero-order chi connectivity index (χ0) is 22.5. The summed E-state index contributed by atoms with van der Waals surface area (Å²) in [5, 5.41) is 2.97. The van der Waals surface area contributed by atoms with Crippen molar-refractivity contribution in [1.29, 1.82) is 0 Å². The Morgan fingerprint density at radius 1 is 1.03 bits per heavy atom. The molecule has 2 amide bonds. The van der Waals surface area contributed by atoms with Crippen LogP contribution in [-0.2, 0) is 16.1 Å². The fourth-order valence-electron chi connectivity index (χ4n) is 3.21. The highest BCUT2D eigenvalue weighted by molar-refractivity contribution is 5.88. The van der Waals surface area contributed by atoms with Crippen LogP contribution in [0.15, 0.2) is 42.5 Å². The van der Waals surface area contributed by atoms with Crippen molar-refractivity contribution in [2.75, 3.05) is 6.61 Å². The van der Waals surface area contributed by atoms with E-state index in [2.05, 4.69) is 5.32 Å². The number of nitrogens with zero attached hydrogens (tertiary/aromatic N) is 1. The predicted octanol–water partition coefficient (Wildman–Crippen LogP) is 4.32. The zero-order valence-corrected chi connectivity index (χ0v) is 19.2. The van der Waals surface area contributed by atoms with Crippen LogP contribution >= 0.6 is 0 Å². The molecule has 0 saturated heterocycles. The SMILES string of the molecule is Cc1ccc(OCC(=O)N(Cc2ccccc2C)[C@@H](C)C(=O)NC(C)(C)C)c(C)c1. The van der Waals surface area contributed by atoms with Crippen molar-refractivity contribution in [3.63, 3.8) is 0 Å². The number of carbonyl (C=O) groups is 2. The van der Waals surface area contributed by atoms with Gasteiger partial charge in [-0.2, -0.15) is 0 Å². The number of benzene rings is 2. The van der Waals surface area contributed by atoms with E-state index in [4.69, 9.17) is 4.74 Å². The van der Waals surface area contributed by atoms with Gasteiger partial charge in [-0.1, -0.05) is 42.0 Å². The van der Waals surface area contributed by atoms with Crippen molar-refractivity contribution in [1.82, 2.24) is 10.2 Å². The van der Waals surface area contributed by atoms with E-state index in [0.29, 0.717) is 12.3 Å². The molecule has 5 heteroatoms. The first-order valence-electron chi connectivity index (χ1n) is 10.3. The molecule has 162 valence electrons. The third-order valence-electron chi connectivity index (χ3n) is 4.95. The van der Waals surface area contributed by atoms with E-state index in [1.54, 1.807) is 11.8 Å². The zero-order valence-electron chi connectivity index (χ0n) is 19.2. The van der Waals surface area contributed by atoms with E-state index in [1.807, 2.05) is 84.0 Å². The minimum Gasteiger partial charge on any atom is -0.483 e. The Kier molecular flexibility index (Phi) is 7.65. The maximum Gasteiger partial charge on any atom is 0.261 e. The van der Waals surface area contributed by atoms with Gasteiger partial charge in [0.05, 0.1) is 0 Å². The second kappa shape index (κ2) is 9.79. The van der Waals surface area contributed by atoms with E-state index in [9.17, 15) is 9.59 Å². The molecule has 2 aromatic rings. The molecule has 0 fully saturated rings. The third kappa shape index (κ3) is 6.61. The van der Waals surface area contributed by atoms with Gasteiger partial charge >= 0.3 is 0 Å². The Hall–Kier alpha value is -2.82. The van der Waals surface area contributed by atoms with Crippen molar-refractivity contribution in [2.24, 2.45) is 0 Å². The van der Waals surface area contributed by atoms with E-state index in [0.717, 1.165) is 22.3 Å². The van der Waals surface area contributed by atoms with Crippen molar-refractivity contribution in [3.05, 3.63) is 64.7 Å². The lowest BCUT2D eigenvalue weighted by Gasteiger charge is -2.31. The molecule has 0 unspecified atom stereocenters. The molecule has 30 heavy (non-hydrogen) atoms. The molecule has 1 atom stereocenters. The van der Waals surface area contributed by atoms with Gasteiger partial charge in [-0.05, 0) is 71.2 Å². The summed E-state index contributed by atoms with van der Waals surface area (Å²) in [5.41, 5.74) is 3.83. The second-order valence-corrected chi connectivity index (χ2v) is 8.92. The van der Waals surface area contributed by atoms with Crippen LogP contribution in [0.4, 0.5) is 0 Å². The molecule has 5 nitrogen and oxygen atoms in total. The fourth-order valence-corrected chi connectivity index (χ4v) is 3.21. The third-order valence-corrected chi connectivity index (χ3v) is 4.95. The summed E-state index contributed by atoms with van der Waals surface area (Å²) in [7, 11) is 0. The van der Waals surface area contributed by atoms with E-state index < -0.39 is 6.04 Å². The smallest absolute Gasteiger partial charge is 0.261 e. The van der Waals surface area contributed by atoms with E-state index in [-0.39, 0.29) is 24.0 Å². The first kappa shape index (κ1) is 23.5. The van der Waals surface area contributed by atoms with E-state index in [1.165, 1.54) is 0 Å². The van der Waals surface area contributed by atoms with Gasteiger partial charge in [0.2, 0.25) is 5.91 Å². The lowest BCUT2D eigenvalue weighted by atomic mass is 10.1. The quantitative estimate of drug-likeness (QED) is 0.739. The second-order valence-electron chi connectivity index (χ2n) is 8.92. The lowest BCUT2D eigenvalue weighted by molar-refractivity contribution is -0.142. The molecule has 2 aromatic carbocycles. The molecule has 0 aliphatic carbocycles. The maximum atomic E-state index is 13.1. The summed E-state index contributed by atoms with van der Waals surface area (Å²) in [5.74, 6) is 0.266. The summed E-state index contributed by atoms with van der Waals surface area (Å²) < 4.78 is 5.81. The van der Waals surface area contributed by atoms with Gasteiger partial charge in [0.1, 0.15) is 11.8 Å². The minimum atomic E-state index is -0.626. The monoisotopic (exact) mass is 410 g/mol. The Bertz CT molecular complexity index is 900. The first-order chi connectivity index (χ1) is 14.0. The molecule has 2 rings (SSSR count). The average molecular weight is 411 g/mol. The molecule has 0 aliphatic heterocycles. The van der Waals surface area contributed by atoms with Gasteiger partial charge in [0, 0.05) is 12.1 Å². The molecular weight excluding hydrogens is 376 g/mol. The summed E-state index contributed by atoms with van der Waals surface area (Å²) in [4.78, 5) is 27.5. The Labute approximate surface area is 180 Å². The molecule has 0 radical (unpaired) electrons. The average Bonchev–Trinajstić information content (AvgIpc) is 2.64. The van der Waals surface area contributed by atoms with Crippen molar-refractivity contribution in [2.45, 2.75) is 66.6 Å². The topological polar surface area (TPSA) is 58.6 Å². The standard InChI is InChI=1S/C25H34N2O3/c1-17-12-13-22(19(3)14-17)30-16-23(28)27(15-21-11-9-8-10-18(21)2)20(4)24(29)26-25(5,6)7/h8-14,20H,15-16H2,1-7H3,(H,26,29)/t20-/m0/s1. The van der Waals surface area contributed by atoms with Gasteiger partial charge in [0.25, 0.3) is 5.91 Å². The van der Waals surface area contributed by atoms with Gasteiger partial charge in [0.15, 0.2) is 6.61 Å². The van der Waals surface area contributed by atoms with Gasteiger partial charge in [-0.3, -0.25) is 9.59 Å². The molecule has 0 bridgehead atoms. The number of hydrogen-bond acceptors (Lipinski definition) is 3. The Balaban J connectivity index is 2.21. The van der Waals surface area contributed by atoms with Crippen LogP contribution in [0.1, 0.15) is 49.9 Å². The molecule has 0 saturated carbocycles. The fraction of sp³-hybridized carbons (Fsp3) is 0.440. The molecule has 0 aliphatic rings. The van der Waals surface area contributed by atoms with Crippen LogP contribution in [-0.4, -0.2) is 34.9 Å². The number of aryl methyl sites for hydroxylation is 3. The summed E-state index contributed by atoms with van der Waals surface area (Å²) in [6, 6.07) is 13.1. The number of rotatable bonds is 7. The predicted molar refractivity (Wildman–Crippen MR) is 120 cm³/mol. The van der Waals surface area contributed by atoms with Crippen LogP contribution in [0.25, 0.3) is 0 Å². The van der Waals surface area contributed by atoms with E-state index >= 15 is 0 Å². The van der Waals surface area contributed by atoms with Gasteiger partial charge in [-0.15, -0.1) is 0 Å². The van der Waals surface area contributed by atoms with Crippen LogP contribution < -0.4 is 10.1 Å². The highest BCUT2D eigenvalue weighted by Gasteiger charge is 2.29. The Morgan fingerprint density at radius 2 is 1.70 bits per heavy atom. The molecule has 1 N–H and O–H groups in total. The van der Waals surface area contributed by atoms with Crippen molar-refractivity contribution in [3.8, 4) is 5.75 Å². The molecular formula is C25H34N2O3. The number of hydrogen-bond donors (Lipinski definition) is 1. The Morgan fingerprint density at radius 3 is 2.30 bits per heavy atom. The van der Waals surface area contributed by atoms with Crippen LogP contribution in [0.5, 0.6) is 5.75 Å². The normalized spacial score (nSPS) is 12.2. The van der Waals surface area contributed by atoms with Crippen LogP contribution in [0, 0.1) is 20.8 Å². The molecule has 0 aromatic heterocycles. The number of amides is 2. The molecule has 0 heterocycles. The number of nitrogens with one attached hydrogen (secondary N) is 1. The number of carbonyl (C=O) groups excluding carboxylic acids is 2. The van der Waals surface area contributed by atoms with Crippen LogP contribution in [0.3, 0.4) is 0 Å². The van der Waals surface area contributed by atoms with Crippen molar-refractivity contribution < 1.29 is 14.3 Å². The highest BCUT2D eigenvalue weighted by Crippen LogP contribution is 2.20. The lowest BCUT2D eigenvalue weighted by Crippen LogP contribution is -2.53. The molecule has 0 spiro atoms. The first-order valence-corrected chi connectivity index (χ1v) is 10.3. The largest absolute Gasteiger partial charge is 0.483 e. The van der Waals surface area contributed by atoms with Gasteiger partial charge < -0.3 is 15.0 Å². The van der Waals surface area contributed by atoms with Gasteiger partial charge in [-0.25, -0.2) is 0 Å². The maximum absolute atomic E-state index is 13.1. The summed E-state index contributed by atoms with van der Waals surface area (Å²) in [6.45, 7) is 13.7. The highest BCUT2D eigenvalue weighted by atomic mass is 16.5. The summed E-state index contributed by atoms with van der Waals surface area (Å²) >= 11 is 0.